The van der Waals surface area contributed by atoms with Crippen LogP contribution in [0.3, 0.4) is 0 Å². The molecule has 2 aliphatic carbocycles. The third kappa shape index (κ3) is 8.13. The number of hydrogen-bond acceptors (Lipinski definition) is 4. The molecule has 0 spiro atoms. The Balaban J connectivity index is 0.887. The first kappa shape index (κ1) is 40.9. The minimum absolute atomic E-state index is 0.184. The second-order valence-corrected chi connectivity index (χ2v) is 18.6. The van der Waals surface area contributed by atoms with Crippen LogP contribution in [0.15, 0.2) is 212 Å². The Morgan fingerprint density at radius 3 is 1.36 bits per heavy atom. The molecule has 2 heterocycles. The fraction of sp³-hybridized carbons (Fsp3) is 0.159. The third-order valence-electron chi connectivity index (χ3n) is 14.6. The lowest BCUT2D eigenvalue weighted by molar-refractivity contribution is 0.229. The minimum atomic E-state index is 0.184. The molecule has 324 valence electrons. The third-order valence-corrected chi connectivity index (χ3v) is 14.6. The van der Waals surface area contributed by atoms with Crippen molar-refractivity contribution in [3.05, 3.63) is 234 Å². The first-order chi connectivity index (χ1) is 33.2. The van der Waals surface area contributed by atoms with Crippen molar-refractivity contribution in [1.82, 2.24) is 20.3 Å². The van der Waals surface area contributed by atoms with Gasteiger partial charge in [-0.2, -0.15) is 0 Å². The van der Waals surface area contributed by atoms with Crippen molar-refractivity contribution >= 4 is 11.1 Å². The van der Waals surface area contributed by atoms with Crippen LogP contribution in [0.4, 0.5) is 0 Å². The van der Waals surface area contributed by atoms with E-state index in [9.17, 15) is 0 Å². The second kappa shape index (κ2) is 18.0. The summed E-state index contributed by atoms with van der Waals surface area (Å²) >= 11 is 0. The van der Waals surface area contributed by atoms with E-state index in [1.807, 2.05) is 12.1 Å². The predicted molar refractivity (Wildman–Crippen MR) is 275 cm³/mol. The molecule has 0 amide bonds. The van der Waals surface area contributed by atoms with E-state index in [0.717, 1.165) is 50.9 Å². The second-order valence-electron chi connectivity index (χ2n) is 18.6. The van der Waals surface area contributed by atoms with Gasteiger partial charge in [0.1, 0.15) is 0 Å². The summed E-state index contributed by atoms with van der Waals surface area (Å²) in [6.45, 7) is 0. The SMILES string of the molecule is c1ccc(C2=c3ccccc3=C3CC(C4CCCCC4)NC(c4ccc(-c5ccc(-c6nc(-c7cccc(-c8ccccc8)c7)nc(-c7cccc(-c8ccccc8)c7)n6)cc5)cc4)C32)cc1. The molecule has 2 fully saturated rings. The van der Waals surface area contributed by atoms with Gasteiger partial charge in [0.05, 0.1) is 0 Å². The predicted octanol–water partition coefficient (Wildman–Crippen LogP) is 13.5. The number of benzene rings is 8. The summed E-state index contributed by atoms with van der Waals surface area (Å²) in [7, 11) is 0. The molecule has 4 nitrogen and oxygen atoms in total. The van der Waals surface area contributed by atoms with Gasteiger partial charge in [0.2, 0.25) is 0 Å². The van der Waals surface area contributed by atoms with Gasteiger partial charge in [0.25, 0.3) is 0 Å². The lowest BCUT2D eigenvalue weighted by Crippen LogP contribution is -2.47. The molecule has 0 radical (unpaired) electrons. The van der Waals surface area contributed by atoms with Crippen LogP contribution in [0.5, 0.6) is 0 Å². The zero-order chi connectivity index (χ0) is 44.5. The molecule has 12 rings (SSSR count). The van der Waals surface area contributed by atoms with Crippen molar-refractivity contribution in [3.63, 3.8) is 0 Å². The van der Waals surface area contributed by atoms with Crippen LogP contribution in [0, 0.1) is 11.8 Å². The summed E-state index contributed by atoms with van der Waals surface area (Å²) in [5.74, 6) is 2.92. The highest BCUT2D eigenvalue weighted by atomic mass is 15.0. The standard InChI is InChI=1S/C63H52N4/c1-5-17-42(18-6-1)50-25-15-27-52(39-50)62-65-61(66-63(67-62)53-28-16-26-51(40-53)43-19-7-2-8-20-43)49-37-33-45(34-38-49)44-31-35-48(36-32-44)60-59-56(41-57(64-60)46-21-9-3-10-22-46)54-29-13-14-30-55(54)58(59)47-23-11-4-12-24-47/h1-2,4-8,11-20,23-40,46,57,59-60,64H,3,9-10,21-22,41H2. The largest absolute Gasteiger partial charge is 0.306 e. The van der Waals surface area contributed by atoms with E-state index >= 15 is 0 Å². The molecule has 67 heavy (non-hydrogen) atoms. The molecule has 0 bridgehead atoms. The molecule has 3 aliphatic rings. The summed E-state index contributed by atoms with van der Waals surface area (Å²) < 4.78 is 0. The highest BCUT2D eigenvalue weighted by molar-refractivity contribution is 5.83. The quantitative estimate of drug-likeness (QED) is 0.157. The first-order valence-electron chi connectivity index (χ1n) is 24.1. The number of fused-ring (bicyclic) bond motifs is 2. The molecule has 1 N–H and O–H groups in total. The molecule has 4 heteroatoms. The van der Waals surface area contributed by atoms with Crippen LogP contribution in [0.2, 0.25) is 0 Å². The van der Waals surface area contributed by atoms with E-state index in [-0.39, 0.29) is 12.0 Å². The topological polar surface area (TPSA) is 50.7 Å². The van der Waals surface area contributed by atoms with Crippen LogP contribution in [0.1, 0.15) is 55.7 Å². The van der Waals surface area contributed by atoms with Gasteiger partial charge in [-0.1, -0.05) is 225 Å². The Kier molecular flexibility index (Phi) is 11.0. The van der Waals surface area contributed by atoms with Gasteiger partial charge in [-0.15, -0.1) is 0 Å². The molecule has 1 aliphatic heterocycles. The Bertz CT molecular complexity index is 3220. The molecular formula is C63H52N4. The van der Waals surface area contributed by atoms with Crippen molar-refractivity contribution in [3.8, 4) is 67.5 Å². The van der Waals surface area contributed by atoms with E-state index in [0.29, 0.717) is 29.4 Å². The maximum Gasteiger partial charge on any atom is 0.164 e. The molecule has 3 atom stereocenters. The van der Waals surface area contributed by atoms with Gasteiger partial charge in [0.15, 0.2) is 17.5 Å². The summed E-state index contributed by atoms with van der Waals surface area (Å²) in [4.78, 5) is 15.4. The van der Waals surface area contributed by atoms with Crippen molar-refractivity contribution in [1.29, 1.82) is 0 Å². The van der Waals surface area contributed by atoms with Gasteiger partial charge in [-0.05, 0) is 97.8 Å². The van der Waals surface area contributed by atoms with Crippen molar-refractivity contribution < 1.29 is 0 Å². The van der Waals surface area contributed by atoms with E-state index in [1.54, 1.807) is 5.57 Å². The highest BCUT2D eigenvalue weighted by Gasteiger charge is 2.42. The fourth-order valence-electron chi connectivity index (χ4n) is 11.2. The molecule has 1 saturated heterocycles. The maximum absolute atomic E-state index is 5.16. The van der Waals surface area contributed by atoms with Crippen LogP contribution >= 0.6 is 0 Å². The molecular weight excluding hydrogens is 813 g/mol. The zero-order valence-electron chi connectivity index (χ0n) is 37.6. The number of aromatic nitrogens is 3. The maximum atomic E-state index is 5.16. The van der Waals surface area contributed by atoms with Crippen molar-refractivity contribution in [2.75, 3.05) is 0 Å². The zero-order valence-corrected chi connectivity index (χ0v) is 37.6. The monoisotopic (exact) mass is 864 g/mol. The Morgan fingerprint density at radius 1 is 0.358 bits per heavy atom. The highest BCUT2D eigenvalue weighted by Crippen LogP contribution is 2.47. The van der Waals surface area contributed by atoms with Gasteiger partial charge < -0.3 is 5.32 Å². The van der Waals surface area contributed by atoms with Crippen LogP contribution in [-0.2, 0) is 0 Å². The van der Waals surface area contributed by atoms with E-state index in [1.165, 1.54) is 64.8 Å². The average Bonchev–Trinajstić information content (AvgIpc) is 3.76. The fourth-order valence-corrected chi connectivity index (χ4v) is 11.2. The molecule has 1 saturated carbocycles. The lowest BCUT2D eigenvalue weighted by Gasteiger charge is -2.43. The summed E-state index contributed by atoms with van der Waals surface area (Å²) in [5.41, 5.74) is 15.5. The molecule has 3 unspecified atom stereocenters. The number of piperidine rings is 1. The number of nitrogens with one attached hydrogen (secondary N) is 1. The van der Waals surface area contributed by atoms with Crippen LogP contribution in [0.25, 0.3) is 78.7 Å². The summed E-state index contributed by atoms with van der Waals surface area (Å²) in [6, 6.07) is 77.0. The smallest absolute Gasteiger partial charge is 0.164 e. The summed E-state index contributed by atoms with van der Waals surface area (Å²) in [5, 5.41) is 7.18. The molecule has 9 aromatic rings. The Labute approximate surface area is 393 Å². The molecule has 1 aromatic heterocycles. The van der Waals surface area contributed by atoms with E-state index in [4.69, 9.17) is 15.0 Å². The van der Waals surface area contributed by atoms with Gasteiger partial charge in [-0.3, -0.25) is 0 Å². The number of nitrogens with zero attached hydrogens (tertiary/aromatic N) is 3. The lowest BCUT2D eigenvalue weighted by atomic mass is 9.71. The Morgan fingerprint density at radius 2 is 0.791 bits per heavy atom. The first-order valence-corrected chi connectivity index (χ1v) is 24.1. The molecule has 8 aromatic carbocycles. The number of rotatable bonds is 9. The van der Waals surface area contributed by atoms with Gasteiger partial charge in [-0.25, -0.2) is 15.0 Å². The number of hydrogen-bond donors (Lipinski definition) is 1. The van der Waals surface area contributed by atoms with Crippen LogP contribution in [-0.4, -0.2) is 21.0 Å². The normalized spacial score (nSPS) is 18.1. The van der Waals surface area contributed by atoms with E-state index < -0.39 is 0 Å². The average molecular weight is 865 g/mol. The van der Waals surface area contributed by atoms with Crippen LogP contribution < -0.4 is 15.8 Å². The Hall–Kier alpha value is -7.53. The van der Waals surface area contributed by atoms with E-state index in [2.05, 4.69) is 206 Å². The van der Waals surface area contributed by atoms with Crippen molar-refractivity contribution in [2.24, 2.45) is 11.8 Å². The van der Waals surface area contributed by atoms with Gasteiger partial charge >= 0.3 is 0 Å². The van der Waals surface area contributed by atoms with Gasteiger partial charge in [0, 0.05) is 34.7 Å². The minimum Gasteiger partial charge on any atom is -0.306 e. The van der Waals surface area contributed by atoms with Crippen molar-refractivity contribution in [2.45, 2.75) is 50.6 Å². The summed E-state index contributed by atoms with van der Waals surface area (Å²) in [6.07, 6.45) is 7.83.